The first-order valence-electron chi connectivity index (χ1n) is 15.4. The summed E-state index contributed by atoms with van der Waals surface area (Å²) in [5.41, 5.74) is 6.12. The number of imidazole rings is 1. The van der Waals surface area contributed by atoms with Crippen LogP contribution in [0.3, 0.4) is 0 Å². The molecule has 0 spiro atoms. The Morgan fingerprint density at radius 1 is 1.02 bits per heavy atom. The molecule has 2 aliphatic rings. The van der Waals surface area contributed by atoms with Crippen LogP contribution < -0.4 is 4.74 Å². The minimum Gasteiger partial charge on any atom is -0.457 e. The van der Waals surface area contributed by atoms with Crippen molar-refractivity contribution < 1.29 is 18.3 Å². The van der Waals surface area contributed by atoms with Gasteiger partial charge in [0.15, 0.2) is 0 Å². The maximum Gasteiger partial charge on any atom is 0.248 e. The fourth-order valence-corrected chi connectivity index (χ4v) is 6.72. The number of ether oxygens (including phenoxy) is 2. The highest BCUT2D eigenvalue weighted by molar-refractivity contribution is 6.76. The molecule has 0 aliphatic heterocycles. The standard InChI is InChI=1S/C33H38F2N6O2Si/c1-21-38-26-8-7-25(13-29(26)41(21)20-42-11-12-44(2,3)4)43-30-10-9-27-32(31(30)23-5-6-23)39-28(17-36-27)24-16-37-40(19-24)18-22-14-33(34,35)15-22/h7-10,13,16-17,19,22-23H,5-6,11-12,14-15,18,20H2,1-4H3. The maximum absolute atomic E-state index is 13.3. The lowest BCUT2D eigenvalue weighted by Gasteiger charge is -2.34. The summed E-state index contributed by atoms with van der Waals surface area (Å²) in [4.78, 5) is 14.5. The lowest BCUT2D eigenvalue weighted by atomic mass is 9.81. The van der Waals surface area contributed by atoms with Crippen LogP contribution in [0.5, 0.6) is 11.5 Å². The highest BCUT2D eigenvalue weighted by atomic mass is 28.3. The predicted octanol–water partition coefficient (Wildman–Crippen LogP) is 8.18. The number of halogens is 2. The average molecular weight is 617 g/mol. The van der Waals surface area contributed by atoms with Crippen LogP contribution in [0, 0.1) is 12.8 Å². The molecule has 0 bridgehead atoms. The van der Waals surface area contributed by atoms with E-state index in [4.69, 9.17) is 24.4 Å². The lowest BCUT2D eigenvalue weighted by molar-refractivity contribution is -0.114. The summed E-state index contributed by atoms with van der Waals surface area (Å²) < 4.78 is 43.1. The fourth-order valence-electron chi connectivity index (χ4n) is 5.96. The van der Waals surface area contributed by atoms with Crippen LogP contribution >= 0.6 is 0 Å². The van der Waals surface area contributed by atoms with Crippen LogP contribution in [-0.4, -0.2) is 49.9 Å². The third-order valence-corrected chi connectivity index (χ3v) is 10.3. The Morgan fingerprint density at radius 3 is 2.57 bits per heavy atom. The third kappa shape index (κ3) is 6.12. The van der Waals surface area contributed by atoms with E-state index in [1.165, 1.54) is 0 Å². The molecule has 5 aromatic rings. The topological polar surface area (TPSA) is 79.9 Å². The van der Waals surface area contributed by atoms with E-state index in [-0.39, 0.29) is 18.8 Å². The number of aryl methyl sites for hydroxylation is 1. The van der Waals surface area contributed by atoms with Crippen molar-refractivity contribution in [2.24, 2.45) is 5.92 Å². The maximum atomic E-state index is 13.3. The third-order valence-electron chi connectivity index (χ3n) is 8.60. The van der Waals surface area contributed by atoms with Gasteiger partial charge in [0.1, 0.15) is 24.1 Å². The van der Waals surface area contributed by atoms with Gasteiger partial charge in [0.2, 0.25) is 5.92 Å². The molecule has 0 amide bonds. The van der Waals surface area contributed by atoms with E-state index in [9.17, 15) is 8.78 Å². The van der Waals surface area contributed by atoms with Gasteiger partial charge >= 0.3 is 0 Å². The monoisotopic (exact) mass is 616 g/mol. The first-order chi connectivity index (χ1) is 21.0. The molecule has 230 valence electrons. The highest BCUT2D eigenvalue weighted by Gasteiger charge is 2.45. The van der Waals surface area contributed by atoms with Crippen LogP contribution in [-0.2, 0) is 18.0 Å². The molecule has 3 heterocycles. The van der Waals surface area contributed by atoms with Gasteiger partial charge in [0.25, 0.3) is 0 Å². The Bertz CT molecular complexity index is 1830. The molecule has 2 aliphatic carbocycles. The second kappa shape index (κ2) is 11.0. The number of hydrogen-bond donors (Lipinski definition) is 0. The number of rotatable bonds is 11. The summed E-state index contributed by atoms with van der Waals surface area (Å²) in [5.74, 6) is 0.196. The number of alkyl halides is 2. The minimum absolute atomic E-state index is 0.0501. The molecule has 2 aromatic carbocycles. The van der Waals surface area contributed by atoms with Crippen molar-refractivity contribution in [2.75, 3.05) is 6.61 Å². The van der Waals surface area contributed by atoms with Crippen molar-refractivity contribution >= 4 is 30.1 Å². The predicted molar refractivity (Wildman–Crippen MR) is 169 cm³/mol. The van der Waals surface area contributed by atoms with E-state index in [2.05, 4.69) is 29.3 Å². The first-order valence-corrected chi connectivity index (χ1v) is 19.1. The largest absolute Gasteiger partial charge is 0.457 e. The van der Waals surface area contributed by atoms with Gasteiger partial charge in [-0.1, -0.05) is 19.6 Å². The van der Waals surface area contributed by atoms with E-state index in [0.717, 1.165) is 76.0 Å². The van der Waals surface area contributed by atoms with Gasteiger partial charge in [-0.05, 0) is 61.9 Å². The van der Waals surface area contributed by atoms with E-state index in [0.29, 0.717) is 24.9 Å². The fraction of sp³-hybridized carbons (Fsp3) is 0.455. The summed E-state index contributed by atoms with van der Waals surface area (Å²) in [6.07, 6.45) is 7.36. The van der Waals surface area contributed by atoms with Crippen molar-refractivity contribution in [2.45, 2.75) is 83.4 Å². The molecular weight excluding hydrogens is 578 g/mol. The molecule has 0 N–H and O–H groups in total. The lowest BCUT2D eigenvalue weighted by Crippen LogP contribution is -2.37. The molecule has 8 nitrogen and oxygen atoms in total. The van der Waals surface area contributed by atoms with Gasteiger partial charge in [-0.2, -0.15) is 5.10 Å². The van der Waals surface area contributed by atoms with Crippen molar-refractivity contribution in [3.8, 4) is 22.8 Å². The van der Waals surface area contributed by atoms with Gasteiger partial charge in [0, 0.05) is 57.5 Å². The van der Waals surface area contributed by atoms with Crippen LogP contribution in [0.2, 0.25) is 25.7 Å². The van der Waals surface area contributed by atoms with Crippen molar-refractivity contribution in [1.29, 1.82) is 0 Å². The smallest absolute Gasteiger partial charge is 0.248 e. The van der Waals surface area contributed by atoms with Gasteiger partial charge in [0.05, 0.1) is 40.2 Å². The molecular formula is C33H38F2N6O2Si. The van der Waals surface area contributed by atoms with Crippen LogP contribution in [0.1, 0.15) is 43.0 Å². The van der Waals surface area contributed by atoms with Crippen molar-refractivity contribution in [3.05, 3.63) is 60.3 Å². The van der Waals surface area contributed by atoms with Crippen LogP contribution in [0.15, 0.2) is 48.9 Å². The molecule has 7 rings (SSSR count). The second-order valence-corrected chi connectivity index (χ2v) is 19.3. The molecule has 2 fully saturated rings. The number of aromatic nitrogens is 6. The van der Waals surface area contributed by atoms with E-state index >= 15 is 0 Å². The molecule has 0 unspecified atom stereocenters. The quantitative estimate of drug-likeness (QED) is 0.110. The Labute approximate surface area is 256 Å². The second-order valence-electron chi connectivity index (χ2n) is 13.6. The zero-order valence-electron chi connectivity index (χ0n) is 25.7. The number of fused-ring (bicyclic) bond motifs is 2. The van der Waals surface area contributed by atoms with E-state index in [1.54, 1.807) is 17.1 Å². The summed E-state index contributed by atoms with van der Waals surface area (Å²) in [6.45, 7) is 10.7. The molecule has 2 saturated carbocycles. The van der Waals surface area contributed by atoms with E-state index < -0.39 is 14.0 Å². The Morgan fingerprint density at radius 2 is 1.82 bits per heavy atom. The van der Waals surface area contributed by atoms with Gasteiger partial charge in [-0.3, -0.25) is 9.67 Å². The van der Waals surface area contributed by atoms with Gasteiger partial charge < -0.3 is 14.0 Å². The Hall–Kier alpha value is -3.70. The highest BCUT2D eigenvalue weighted by Crippen LogP contribution is 2.48. The number of hydrogen-bond acceptors (Lipinski definition) is 6. The van der Waals surface area contributed by atoms with Gasteiger partial charge in [-0.25, -0.2) is 18.7 Å². The zero-order chi connectivity index (χ0) is 30.6. The molecule has 44 heavy (non-hydrogen) atoms. The average Bonchev–Trinajstić information content (AvgIpc) is 3.59. The van der Waals surface area contributed by atoms with Gasteiger partial charge in [-0.15, -0.1) is 0 Å². The zero-order valence-corrected chi connectivity index (χ0v) is 26.7. The van der Waals surface area contributed by atoms with Crippen LogP contribution in [0.4, 0.5) is 8.78 Å². The molecule has 0 saturated heterocycles. The number of benzene rings is 2. The SMILES string of the molecule is Cc1nc2ccc(Oc3ccc4ncc(-c5cnn(CC6CC(F)(F)C6)c5)nc4c3C3CC3)cc2n1COCC[Si](C)(C)C. The Kier molecular flexibility index (Phi) is 7.28. The molecule has 0 radical (unpaired) electrons. The van der Waals surface area contributed by atoms with Crippen LogP contribution in [0.25, 0.3) is 33.3 Å². The van der Waals surface area contributed by atoms with Crippen molar-refractivity contribution in [3.63, 3.8) is 0 Å². The molecule has 0 atom stereocenters. The summed E-state index contributed by atoms with van der Waals surface area (Å²) >= 11 is 0. The first kappa shape index (κ1) is 29.0. The van der Waals surface area contributed by atoms with Crippen molar-refractivity contribution in [1.82, 2.24) is 29.3 Å². The van der Waals surface area contributed by atoms with E-state index in [1.807, 2.05) is 43.5 Å². The number of nitrogens with zero attached hydrogens (tertiary/aromatic N) is 6. The summed E-state index contributed by atoms with van der Waals surface area (Å²) in [7, 11) is -1.17. The summed E-state index contributed by atoms with van der Waals surface area (Å²) in [6, 6.07) is 11.0. The Balaban J connectivity index is 1.15. The molecule has 11 heteroatoms. The minimum atomic E-state index is -2.53. The molecule has 3 aromatic heterocycles. The normalized spacial score (nSPS) is 17.0. The summed E-state index contributed by atoms with van der Waals surface area (Å²) in [5, 5.41) is 4.42.